The van der Waals surface area contributed by atoms with Crippen LogP contribution in [0.2, 0.25) is 0 Å². The topological polar surface area (TPSA) is 15.7 Å². The number of rotatable bonds is 2. The van der Waals surface area contributed by atoms with Crippen LogP contribution < -0.4 is 4.90 Å². The van der Waals surface area contributed by atoms with Crippen molar-refractivity contribution in [3.05, 3.63) is 78.2 Å². The second-order valence-electron chi connectivity index (χ2n) is 5.98. The monoisotopic (exact) mass is 292 g/mol. The molecule has 2 aromatic rings. The van der Waals surface area contributed by atoms with E-state index in [1.165, 1.54) is 16.8 Å². The third kappa shape index (κ3) is 1.89. The summed E-state index contributed by atoms with van der Waals surface area (Å²) in [6.07, 6.45) is 4.12. The highest BCUT2D eigenvalue weighted by atomic mass is 16.5. The molecule has 3 atom stereocenters. The minimum atomic E-state index is 0.0739. The van der Waals surface area contributed by atoms with Crippen molar-refractivity contribution in [2.75, 3.05) is 4.90 Å². The molecule has 0 aliphatic carbocycles. The summed E-state index contributed by atoms with van der Waals surface area (Å²) in [6, 6.07) is 19.5. The number of benzene rings is 2. The Morgan fingerprint density at radius 3 is 2.45 bits per heavy atom. The Morgan fingerprint density at radius 1 is 0.955 bits per heavy atom. The van der Waals surface area contributed by atoms with Crippen LogP contribution in [0.25, 0.3) is 0 Å². The summed E-state index contributed by atoms with van der Waals surface area (Å²) in [4.78, 5) is 4.78. The van der Waals surface area contributed by atoms with Gasteiger partial charge in [0.15, 0.2) is 6.23 Å². The molecule has 0 N–H and O–H groups in total. The fourth-order valence-corrected chi connectivity index (χ4v) is 3.59. The molecule has 22 heavy (non-hydrogen) atoms. The molecule has 2 aromatic carbocycles. The molecule has 112 valence electrons. The Kier molecular flexibility index (Phi) is 3.07. The Hall–Kier alpha value is -2.42. The normalized spacial score (nSPS) is 26.2. The zero-order chi connectivity index (χ0) is 15.1. The maximum atomic E-state index is 5.84. The van der Waals surface area contributed by atoms with Gasteiger partial charge in [-0.15, -0.1) is 0 Å². The fourth-order valence-electron chi connectivity index (χ4n) is 3.59. The summed E-state index contributed by atoms with van der Waals surface area (Å²) in [7, 11) is 0. The summed E-state index contributed by atoms with van der Waals surface area (Å²) >= 11 is 0. The number of ether oxygens (including phenoxy) is 1. The first kappa shape index (κ1) is 13.3. The number of hydrogen-bond donors (Lipinski definition) is 0. The van der Waals surface area contributed by atoms with Gasteiger partial charge in [0.05, 0.1) is 6.04 Å². The number of nitrogens with zero attached hydrogens (tertiary/aromatic N) is 2. The minimum absolute atomic E-state index is 0.0739. The molecule has 0 bridgehead atoms. The zero-order valence-electron chi connectivity index (χ0n) is 12.9. The Balaban J connectivity index is 1.84. The van der Waals surface area contributed by atoms with Crippen molar-refractivity contribution in [3.8, 4) is 0 Å². The van der Waals surface area contributed by atoms with E-state index >= 15 is 0 Å². The van der Waals surface area contributed by atoms with Crippen molar-refractivity contribution in [1.29, 1.82) is 0 Å². The molecule has 3 nitrogen and oxygen atoms in total. The molecule has 0 amide bonds. The third-order valence-corrected chi connectivity index (χ3v) is 4.63. The highest BCUT2D eigenvalue weighted by Gasteiger charge is 2.47. The minimum Gasteiger partial charge on any atom is -0.474 e. The van der Waals surface area contributed by atoms with Crippen molar-refractivity contribution in [2.45, 2.75) is 32.3 Å². The predicted octanol–water partition coefficient (Wildman–Crippen LogP) is 4.03. The molecule has 0 aromatic heterocycles. The van der Waals surface area contributed by atoms with Gasteiger partial charge in [0.1, 0.15) is 12.4 Å². The van der Waals surface area contributed by atoms with Gasteiger partial charge in [0, 0.05) is 11.9 Å². The molecule has 2 unspecified atom stereocenters. The smallest absolute Gasteiger partial charge is 0.193 e. The number of para-hydroxylation sites is 1. The first-order valence-electron chi connectivity index (χ1n) is 7.76. The molecule has 3 heteroatoms. The fraction of sp³-hybridized carbons (Fsp3) is 0.263. The Labute approximate surface area is 131 Å². The van der Waals surface area contributed by atoms with Crippen LogP contribution in [0.5, 0.6) is 0 Å². The van der Waals surface area contributed by atoms with Crippen LogP contribution in [0, 0.1) is 6.92 Å². The molecule has 2 aliphatic rings. The molecule has 2 heterocycles. The number of anilines is 1. The standard InChI is InChI=1S/C19H20N2O/c1-14-8-6-7-11-17(14)21-15(2)19-20(12-13-22-19)18(21)16-9-4-3-5-10-16/h3-13,15,18-19H,1-2H3/t15-,18?,19?/m0/s1. The summed E-state index contributed by atoms with van der Waals surface area (Å²) < 4.78 is 5.84. The van der Waals surface area contributed by atoms with E-state index in [2.05, 4.69) is 84.4 Å². The van der Waals surface area contributed by atoms with E-state index in [-0.39, 0.29) is 18.4 Å². The first-order valence-corrected chi connectivity index (χ1v) is 7.76. The van der Waals surface area contributed by atoms with Gasteiger partial charge < -0.3 is 14.5 Å². The number of fused-ring (bicyclic) bond motifs is 1. The quantitative estimate of drug-likeness (QED) is 0.831. The van der Waals surface area contributed by atoms with E-state index in [0.717, 1.165) is 0 Å². The van der Waals surface area contributed by atoms with Crippen molar-refractivity contribution in [2.24, 2.45) is 0 Å². The van der Waals surface area contributed by atoms with Crippen molar-refractivity contribution in [1.82, 2.24) is 4.90 Å². The highest BCUT2D eigenvalue weighted by molar-refractivity contribution is 5.57. The molecule has 4 rings (SSSR count). The summed E-state index contributed by atoms with van der Waals surface area (Å²) in [5.41, 5.74) is 3.85. The third-order valence-electron chi connectivity index (χ3n) is 4.63. The maximum Gasteiger partial charge on any atom is 0.193 e. The SMILES string of the molecule is Cc1ccccc1N1C(c2ccccc2)N2C=COC2[C@@H]1C. The van der Waals surface area contributed by atoms with Gasteiger partial charge in [0.25, 0.3) is 0 Å². The van der Waals surface area contributed by atoms with Gasteiger partial charge in [-0.3, -0.25) is 0 Å². The lowest BCUT2D eigenvalue weighted by Gasteiger charge is -2.33. The lowest BCUT2D eigenvalue weighted by atomic mass is 10.1. The molecular formula is C19H20N2O. The van der Waals surface area contributed by atoms with Crippen LogP contribution in [0.4, 0.5) is 5.69 Å². The lowest BCUT2D eigenvalue weighted by Crippen LogP contribution is -2.34. The second-order valence-corrected chi connectivity index (χ2v) is 5.98. The second kappa shape index (κ2) is 5.09. The van der Waals surface area contributed by atoms with Gasteiger partial charge in [-0.25, -0.2) is 0 Å². The van der Waals surface area contributed by atoms with Crippen molar-refractivity contribution >= 4 is 5.69 Å². The van der Waals surface area contributed by atoms with Gasteiger partial charge in [-0.1, -0.05) is 48.5 Å². The highest BCUT2D eigenvalue weighted by Crippen LogP contribution is 2.44. The zero-order valence-corrected chi connectivity index (χ0v) is 12.9. The first-order chi connectivity index (χ1) is 10.8. The predicted molar refractivity (Wildman–Crippen MR) is 88.2 cm³/mol. The van der Waals surface area contributed by atoms with Crippen LogP contribution in [0.1, 0.15) is 24.2 Å². The van der Waals surface area contributed by atoms with E-state index in [1.807, 2.05) is 6.26 Å². The molecule has 2 aliphatic heterocycles. The largest absolute Gasteiger partial charge is 0.474 e. The van der Waals surface area contributed by atoms with Gasteiger partial charge in [-0.2, -0.15) is 0 Å². The average Bonchev–Trinajstić information content (AvgIpc) is 3.11. The average molecular weight is 292 g/mol. The van der Waals surface area contributed by atoms with Crippen LogP contribution >= 0.6 is 0 Å². The maximum absolute atomic E-state index is 5.84. The summed E-state index contributed by atoms with van der Waals surface area (Å²) in [5, 5.41) is 0. The van der Waals surface area contributed by atoms with E-state index in [1.54, 1.807) is 0 Å². The van der Waals surface area contributed by atoms with E-state index in [9.17, 15) is 0 Å². The summed E-state index contributed by atoms with van der Waals surface area (Å²) in [6.45, 7) is 4.41. The van der Waals surface area contributed by atoms with Crippen molar-refractivity contribution in [3.63, 3.8) is 0 Å². The molecule has 1 saturated heterocycles. The number of aryl methyl sites for hydroxylation is 1. The van der Waals surface area contributed by atoms with Gasteiger partial charge in [-0.05, 0) is 31.0 Å². The molecule has 0 radical (unpaired) electrons. The Morgan fingerprint density at radius 2 is 1.68 bits per heavy atom. The van der Waals surface area contributed by atoms with E-state index < -0.39 is 0 Å². The van der Waals surface area contributed by atoms with Gasteiger partial charge >= 0.3 is 0 Å². The molecular weight excluding hydrogens is 272 g/mol. The van der Waals surface area contributed by atoms with E-state index in [0.29, 0.717) is 0 Å². The van der Waals surface area contributed by atoms with E-state index in [4.69, 9.17) is 4.74 Å². The molecule has 0 saturated carbocycles. The summed E-state index contributed by atoms with van der Waals surface area (Å²) in [5.74, 6) is 0. The van der Waals surface area contributed by atoms with Crippen LogP contribution in [-0.4, -0.2) is 17.2 Å². The number of hydrogen-bond acceptors (Lipinski definition) is 3. The van der Waals surface area contributed by atoms with Crippen LogP contribution in [0.15, 0.2) is 67.1 Å². The van der Waals surface area contributed by atoms with Crippen molar-refractivity contribution < 1.29 is 4.74 Å². The Bertz CT molecular complexity index is 698. The molecule has 1 fully saturated rings. The van der Waals surface area contributed by atoms with Crippen LogP contribution in [-0.2, 0) is 4.74 Å². The van der Waals surface area contributed by atoms with Gasteiger partial charge in [0.2, 0.25) is 0 Å². The van der Waals surface area contributed by atoms with Crippen LogP contribution in [0.3, 0.4) is 0 Å². The molecule has 0 spiro atoms. The lowest BCUT2D eigenvalue weighted by molar-refractivity contribution is 0.0660.